The highest BCUT2D eigenvalue weighted by molar-refractivity contribution is 7.88. The third-order valence-electron chi connectivity index (χ3n) is 4.67. The maximum atomic E-state index is 12.0. The van der Waals surface area contributed by atoms with E-state index in [1.165, 1.54) is 6.26 Å². The molecule has 1 aromatic heterocycles. The molecule has 28 heavy (non-hydrogen) atoms. The zero-order chi connectivity index (χ0) is 21.1. The molecule has 0 bridgehead atoms. The number of halogens is 3. The van der Waals surface area contributed by atoms with E-state index in [1.54, 1.807) is 10.6 Å². The number of fused-ring (bicyclic) bond motifs is 1. The molecule has 2 saturated heterocycles. The molecule has 0 saturated carbocycles. The number of hydrogen-bond acceptors (Lipinski definition) is 6. The molecule has 0 aromatic carbocycles. The Labute approximate surface area is 160 Å². The highest BCUT2D eigenvalue weighted by Crippen LogP contribution is 2.33. The standard InChI is InChI=1S/C14H22N2O4S.C2HF3O2/c1-15(9-11-5-3-7-19-11)13-10-16(21(2,17)18)12-6-4-8-20-14(12)13;3-2(4,5)1(6)7/h3,5,7,12-14H,4,6,8-10H2,1-2H3;(H,6,7)/t12-,13-,14+;/m1./s1. The quantitative estimate of drug-likeness (QED) is 0.776. The Hall–Kier alpha value is -1.63. The Morgan fingerprint density at radius 2 is 2.07 bits per heavy atom. The van der Waals surface area contributed by atoms with Crippen molar-refractivity contribution in [3.8, 4) is 0 Å². The molecule has 3 heterocycles. The normalized spacial score (nSPS) is 25.9. The van der Waals surface area contributed by atoms with E-state index in [4.69, 9.17) is 19.1 Å². The number of carboxylic acids is 1. The van der Waals surface area contributed by atoms with Gasteiger partial charge in [-0.05, 0) is 32.0 Å². The molecule has 160 valence electrons. The number of hydrogen-bond donors (Lipinski definition) is 1. The molecule has 2 aliphatic heterocycles. The molecular weight excluding hydrogens is 405 g/mol. The lowest BCUT2D eigenvalue weighted by Crippen LogP contribution is -2.46. The molecule has 3 rings (SSSR count). The molecule has 0 radical (unpaired) electrons. The third-order valence-corrected chi connectivity index (χ3v) is 5.94. The molecule has 8 nitrogen and oxygen atoms in total. The van der Waals surface area contributed by atoms with Crippen molar-refractivity contribution < 1.29 is 40.6 Å². The van der Waals surface area contributed by atoms with Gasteiger partial charge >= 0.3 is 12.1 Å². The van der Waals surface area contributed by atoms with E-state index in [2.05, 4.69) is 4.90 Å². The largest absolute Gasteiger partial charge is 0.490 e. The highest BCUT2D eigenvalue weighted by atomic mass is 32.2. The molecule has 0 spiro atoms. The summed E-state index contributed by atoms with van der Waals surface area (Å²) in [5.74, 6) is -1.88. The fourth-order valence-electron chi connectivity index (χ4n) is 3.42. The first-order chi connectivity index (χ1) is 12.9. The van der Waals surface area contributed by atoms with Crippen molar-refractivity contribution in [1.82, 2.24) is 9.21 Å². The molecule has 0 aliphatic carbocycles. The van der Waals surface area contributed by atoms with E-state index in [9.17, 15) is 21.6 Å². The number of ether oxygens (including phenoxy) is 1. The average molecular weight is 428 g/mol. The van der Waals surface area contributed by atoms with Crippen LogP contribution in [0.2, 0.25) is 0 Å². The summed E-state index contributed by atoms with van der Waals surface area (Å²) >= 11 is 0. The number of likely N-dealkylation sites (N-methyl/N-ethyl adjacent to an activating group) is 1. The van der Waals surface area contributed by atoms with Crippen LogP contribution < -0.4 is 0 Å². The van der Waals surface area contributed by atoms with Crippen molar-refractivity contribution in [2.45, 2.75) is 43.8 Å². The monoisotopic (exact) mass is 428 g/mol. The van der Waals surface area contributed by atoms with Gasteiger partial charge in [-0.1, -0.05) is 0 Å². The summed E-state index contributed by atoms with van der Waals surface area (Å²) in [6.07, 6.45) is -0.396. The van der Waals surface area contributed by atoms with E-state index in [-0.39, 0.29) is 18.2 Å². The Balaban J connectivity index is 0.000000345. The first-order valence-electron chi connectivity index (χ1n) is 8.52. The second kappa shape index (κ2) is 8.80. The molecule has 1 N–H and O–H groups in total. The number of furan rings is 1. The topological polar surface area (TPSA) is 100 Å². The van der Waals surface area contributed by atoms with Crippen molar-refractivity contribution >= 4 is 16.0 Å². The van der Waals surface area contributed by atoms with Crippen LogP contribution in [0.3, 0.4) is 0 Å². The molecule has 1 aromatic rings. The Morgan fingerprint density at radius 1 is 1.43 bits per heavy atom. The maximum Gasteiger partial charge on any atom is 0.490 e. The summed E-state index contributed by atoms with van der Waals surface area (Å²) in [7, 11) is -1.20. The predicted molar refractivity (Wildman–Crippen MR) is 92.0 cm³/mol. The molecule has 12 heteroatoms. The Morgan fingerprint density at radius 3 is 2.57 bits per heavy atom. The van der Waals surface area contributed by atoms with Gasteiger partial charge in [-0.3, -0.25) is 4.90 Å². The summed E-state index contributed by atoms with van der Waals surface area (Å²) in [6, 6.07) is 3.83. The van der Waals surface area contributed by atoms with Crippen LogP contribution in [-0.4, -0.2) is 79.5 Å². The minimum Gasteiger partial charge on any atom is -0.475 e. The van der Waals surface area contributed by atoms with Gasteiger partial charge in [0, 0.05) is 13.2 Å². The lowest BCUT2D eigenvalue weighted by Gasteiger charge is -2.33. The fraction of sp³-hybridized carbons (Fsp3) is 0.688. The molecule has 0 unspecified atom stereocenters. The summed E-state index contributed by atoms with van der Waals surface area (Å²) in [6.45, 7) is 1.86. The highest BCUT2D eigenvalue weighted by Gasteiger charge is 2.48. The fourth-order valence-corrected chi connectivity index (χ4v) is 4.56. The van der Waals surface area contributed by atoms with Gasteiger partial charge in [-0.15, -0.1) is 0 Å². The number of carbonyl (C=O) groups is 1. The number of rotatable bonds is 4. The van der Waals surface area contributed by atoms with Crippen LogP contribution in [0.15, 0.2) is 22.8 Å². The van der Waals surface area contributed by atoms with Crippen molar-refractivity contribution in [2.75, 3.05) is 26.5 Å². The number of aliphatic carboxylic acids is 1. The van der Waals surface area contributed by atoms with Gasteiger partial charge in [0.25, 0.3) is 0 Å². The van der Waals surface area contributed by atoms with Crippen LogP contribution in [0.25, 0.3) is 0 Å². The smallest absolute Gasteiger partial charge is 0.475 e. The SMILES string of the molecule is CN(Cc1ccco1)[C@@H]1CN(S(C)(=O)=O)[C@@H]2CCCO[C@H]12.O=C(O)C(F)(F)F. The van der Waals surface area contributed by atoms with Crippen LogP contribution in [0.5, 0.6) is 0 Å². The minimum absolute atomic E-state index is 0.0298. The summed E-state index contributed by atoms with van der Waals surface area (Å²) in [4.78, 5) is 11.0. The summed E-state index contributed by atoms with van der Waals surface area (Å²) in [5, 5.41) is 7.12. The van der Waals surface area contributed by atoms with E-state index in [0.29, 0.717) is 19.7 Å². The molecule has 2 fully saturated rings. The maximum absolute atomic E-state index is 12.0. The first-order valence-corrected chi connectivity index (χ1v) is 10.4. The van der Waals surface area contributed by atoms with E-state index >= 15 is 0 Å². The summed E-state index contributed by atoms with van der Waals surface area (Å²) in [5.41, 5.74) is 0. The molecular formula is C16H23F3N2O6S. The van der Waals surface area contributed by atoms with Gasteiger partial charge < -0.3 is 14.3 Å². The summed E-state index contributed by atoms with van der Waals surface area (Å²) < 4.78 is 68.6. The molecule has 3 atom stereocenters. The predicted octanol–water partition coefficient (Wildman–Crippen LogP) is 1.54. The van der Waals surface area contributed by atoms with E-state index in [0.717, 1.165) is 18.6 Å². The molecule has 0 amide bonds. The second-order valence-electron chi connectivity index (χ2n) is 6.74. The minimum atomic E-state index is -5.08. The average Bonchev–Trinajstić information content (AvgIpc) is 3.21. The van der Waals surface area contributed by atoms with Crippen molar-refractivity contribution in [1.29, 1.82) is 0 Å². The van der Waals surface area contributed by atoms with Gasteiger partial charge in [0.1, 0.15) is 5.76 Å². The third kappa shape index (κ3) is 5.69. The van der Waals surface area contributed by atoms with Crippen molar-refractivity contribution in [2.24, 2.45) is 0 Å². The Bertz CT molecular complexity index is 753. The lowest BCUT2D eigenvalue weighted by molar-refractivity contribution is -0.192. The molecule has 2 aliphatic rings. The van der Waals surface area contributed by atoms with Crippen molar-refractivity contribution in [3.05, 3.63) is 24.2 Å². The zero-order valence-electron chi connectivity index (χ0n) is 15.4. The number of alkyl halides is 3. The van der Waals surface area contributed by atoms with Crippen molar-refractivity contribution in [3.63, 3.8) is 0 Å². The van der Waals surface area contributed by atoms with Crippen LogP contribution in [-0.2, 0) is 26.1 Å². The van der Waals surface area contributed by atoms with E-state index < -0.39 is 22.2 Å². The number of sulfonamides is 1. The number of carboxylic acid groups (broad SMARTS) is 1. The second-order valence-corrected chi connectivity index (χ2v) is 8.68. The van der Waals surface area contributed by atoms with Gasteiger partial charge in [-0.2, -0.15) is 17.5 Å². The van der Waals surface area contributed by atoms with Crippen LogP contribution in [0.1, 0.15) is 18.6 Å². The first kappa shape index (κ1) is 22.7. The van der Waals surface area contributed by atoms with Crippen LogP contribution in [0, 0.1) is 0 Å². The van der Waals surface area contributed by atoms with E-state index in [1.807, 2.05) is 19.2 Å². The Kier molecular flexibility index (Phi) is 7.12. The van der Waals surface area contributed by atoms with Gasteiger partial charge in [-0.25, -0.2) is 13.2 Å². The van der Waals surface area contributed by atoms with Gasteiger partial charge in [0.2, 0.25) is 10.0 Å². The van der Waals surface area contributed by atoms with Gasteiger partial charge in [0.05, 0.1) is 37.3 Å². The van der Waals surface area contributed by atoms with Crippen LogP contribution >= 0.6 is 0 Å². The van der Waals surface area contributed by atoms with Crippen LogP contribution in [0.4, 0.5) is 13.2 Å². The number of nitrogens with zero attached hydrogens (tertiary/aromatic N) is 2. The lowest BCUT2D eigenvalue weighted by atomic mass is 10.0. The zero-order valence-corrected chi connectivity index (χ0v) is 16.2. The van der Waals surface area contributed by atoms with Gasteiger partial charge in [0.15, 0.2) is 0 Å².